The van der Waals surface area contributed by atoms with Gasteiger partial charge in [0.1, 0.15) is 18.1 Å². The Balaban J connectivity index is 0.00000151. The van der Waals surface area contributed by atoms with Crippen LogP contribution in [0.5, 0.6) is 5.75 Å². The van der Waals surface area contributed by atoms with Crippen LogP contribution < -0.4 is 10.1 Å². The van der Waals surface area contributed by atoms with Gasteiger partial charge in [-0.3, -0.25) is 9.48 Å². The van der Waals surface area contributed by atoms with Gasteiger partial charge >= 0.3 is 0 Å². The van der Waals surface area contributed by atoms with Gasteiger partial charge in [-0.05, 0) is 44.0 Å². The molecule has 1 heterocycles. The number of nitrogens with zero attached hydrogens (tertiary/aromatic N) is 2. The molecule has 0 aliphatic heterocycles. The predicted molar refractivity (Wildman–Crippen MR) is 98.9 cm³/mol. The van der Waals surface area contributed by atoms with Crippen LogP contribution in [0.3, 0.4) is 0 Å². The normalized spacial score (nSPS) is 10.0. The molecule has 138 valence electrons. The Bertz CT molecular complexity index is 681. The Morgan fingerprint density at radius 2 is 2.04 bits per heavy atom. The van der Waals surface area contributed by atoms with Crippen LogP contribution >= 0.6 is 0 Å². The van der Waals surface area contributed by atoms with Gasteiger partial charge < -0.3 is 15.2 Å². The van der Waals surface area contributed by atoms with Crippen LogP contribution in [0.1, 0.15) is 48.1 Å². The Hall–Kier alpha value is -2.34. The quantitative estimate of drug-likeness (QED) is 0.755. The largest absolute Gasteiger partial charge is 0.491 e. The van der Waals surface area contributed by atoms with E-state index in [2.05, 4.69) is 10.4 Å². The van der Waals surface area contributed by atoms with E-state index in [0.717, 1.165) is 22.6 Å². The first-order valence-electron chi connectivity index (χ1n) is 8.71. The lowest BCUT2D eigenvalue weighted by atomic mass is 10.1. The number of aromatic nitrogens is 2. The topological polar surface area (TPSA) is 76.4 Å². The Morgan fingerprint density at radius 3 is 2.68 bits per heavy atom. The Kier molecular flexibility index (Phi) is 8.70. The lowest BCUT2D eigenvalue weighted by molar-refractivity contribution is 0.0936. The average molecular weight is 347 g/mol. The standard InChI is InChI=1S/C17H23N3O3.C2H6/c1-4-20-15(10-12(2)19-20)17(22)18-8-9-23-16-7-5-6-14(11-21)13(16)3;1-2/h5-7,10,21H,4,8-9,11H2,1-3H3,(H,18,22);1-2H3. The number of benzene rings is 1. The summed E-state index contributed by atoms with van der Waals surface area (Å²) in [7, 11) is 0. The van der Waals surface area contributed by atoms with Gasteiger partial charge in [0.2, 0.25) is 0 Å². The van der Waals surface area contributed by atoms with Gasteiger partial charge in [0.05, 0.1) is 18.8 Å². The minimum absolute atomic E-state index is 0.0138. The highest BCUT2D eigenvalue weighted by molar-refractivity contribution is 5.92. The van der Waals surface area contributed by atoms with E-state index in [1.165, 1.54) is 0 Å². The second-order valence-corrected chi connectivity index (χ2v) is 5.29. The van der Waals surface area contributed by atoms with Gasteiger partial charge in [-0.15, -0.1) is 0 Å². The molecule has 2 N–H and O–H groups in total. The lowest BCUT2D eigenvalue weighted by Gasteiger charge is -2.12. The molecule has 6 heteroatoms. The van der Waals surface area contributed by atoms with Crippen molar-refractivity contribution in [2.75, 3.05) is 13.2 Å². The van der Waals surface area contributed by atoms with Crippen molar-refractivity contribution in [1.82, 2.24) is 15.1 Å². The van der Waals surface area contributed by atoms with Crippen molar-refractivity contribution in [3.8, 4) is 5.75 Å². The molecule has 1 aromatic heterocycles. The molecule has 0 saturated heterocycles. The lowest BCUT2D eigenvalue weighted by Crippen LogP contribution is -2.30. The number of aliphatic hydroxyl groups is 1. The van der Waals surface area contributed by atoms with E-state index in [0.29, 0.717) is 25.4 Å². The van der Waals surface area contributed by atoms with Crippen molar-refractivity contribution in [2.24, 2.45) is 0 Å². The fraction of sp³-hybridized carbons (Fsp3) is 0.474. The zero-order chi connectivity index (χ0) is 18.8. The fourth-order valence-electron chi connectivity index (χ4n) is 2.37. The molecule has 0 aliphatic carbocycles. The molecule has 1 aromatic carbocycles. The molecular formula is C19H29N3O3. The van der Waals surface area contributed by atoms with E-state index in [-0.39, 0.29) is 12.5 Å². The average Bonchev–Trinajstić information content (AvgIpc) is 3.02. The summed E-state index contributed by atoms with van der Waals surface area (Å²) >= 11 is 0. The molecule has 0 unspecified atom stereocenters. The van der Waals surface area contributed by atoms with Crippen molar-refractivity contribution in [1.29, 1.82) is 0 Å². The fourth-order valence-corrected chi connectivity index (χ4v) is 2.37. The zero-order valence-electron chi connectivity index (χ0n) is 15.8. The molecule has 0 fully saturated rings. The van der Waals surface area contributed by atoms with E-state index in [9.17, 15) is 9.90 Å². The van der Waals surface area contributed by atoms with Gasteiger partial charge in [0.15, 0.2) is 0 Å². The summed E-state index contributed by atoms with van der Waals surface area (Å²) in [5.74, 6) is 0.567. The van der Waals surface area contributed by atoms with E-state index in [1.54, 1.807) is 10.7 Å². The maximum atomic E-state index is 12.2. The van der Waals surface area contributed by atoms with Gasteiger partial charge in [-0.25, -0.2) is 0 Å². The molecule has 0 saturated carbocycles. The Morgan fingerprint density at radius 1 is 1.32 bits per heavy atom. The summed E-state index contributed by atoms with van der Waals surface area (Å²) < 4.78 is 7.36. The van der Waals surface area contributed by atoms with E-state index < -0.39 is 0 Å². The zero-order valence-corrected chi connectivity index (χ0v) is 15.8. The number of amides is 1. The summed E-state index contributed by atoms with van der Waals surface area (Å²) in [6, 6.07) is 7.33. The van der Waals surface area contributed by atoms with Crippen molar-refractivity contribution in [3.05, 3.63) is 46.8 Å². The van der Waals surface area contributed by atoms with Crippen molar-refractivity contribution < 1.29 is 14.6 Å². The van der Waals surface area contributed by atoms with Gasteiger partial charge in [0.25, 0.3) is 5.91 Å². The highest BCUT2D eigenvalue weighted by atomic mass is 16.5. The molecule has 0 spiro atoms. The summed E-state index contributed by atoms with van der Waals surface area (Å²) in [6.45, 7) is 11.1. The van der Waals surface area contributed by atoms with E-state index in [4.69, 9.17) is 4.74 Å². The van der Waals surface area contributed by atoms with Crippen molar-refractivity contribution >= 4 is 5.91 Å². The van der Waals surface area contributed by atoms with E-state index in [1.807, 2.05) is 52.8 Å². The number of hydrogen-bond donors (Lipinski definition) is 2. The molecule has 0 aliphatic rings. The number of rotatable bonds is 7. The third-order valence-electron chi connectivity index (χ3n) is 3.65. The molecule has 2 aromatic rings. The molecule has 25 heavy (non-hydrogen) atoms. The Labute approximate surface area is 149 Å². The molecule has 0 atom stereocenters. The molecule has 0 radical (unpaired) electrons. The first-order chi connectivity index (χ1) is 12.1. The molecule has 1 amide bonds. The second kappa shape index (κ2) is 10.5. The number of ether oxygens (including phenoxy) is 1. The molecule has 2 rings (SSSR count). The molecular weight excluding hydrogens is 318 g/mol. The number of nitrogens with one attached hydrogen (secondary N) is 1. The van der Waals surface area contributed by atoms with Gasteiger partial charge in [0, 0.05) is 6.54 Å². The third kappa shape index (κ3) is 5.60. The summed E-state index contributed by atoms with van der Waals surface area (Å²) in [5, 5.41) is 16.3. The maximum Gasteiger partial charge on any atom is 0.269 e. The van der Waals surface area contributed by atoms with Crippen LogP contribution in [0.15, 0.2) is 24.3 Å². The number of aryl methyl sites for hydroxylation is 2. The molecule has 0 bridgehead atoms. The summed E-state index contributed by atoms with van der Waals surface area (Å²) in [6.07, 6.45) is 0. The number of hydrogen-bond acceptors (Lipinski definition) is 4. The minimum atomic E-state index is -0.156. The smallest absolute Gasteiger partial charge is 0.269 e. The number of carbonyl (C=O) groups is 1. The SMILES string of the molecule is CC.CCn1nc(C)cc1C(=O)NCCOc1cccc(CO)c1C. The first kappa shape index (κ1) is 20.7. The van der Waals surface area contributed by atoms with Crippen LogP contribution in [0, 0.1) is 13.8 Å². The summed E-state index contributed by atoms with van der Waals surface area (Å²) in [4.78, 5) is 12.2. The minimum Gasteiger partial charge on any atom is -0.491 e. The first-order valence-corrected chi connectivity index (χ1v) is 8.71. The number of aliphatic hydroxyl groups excluding tert-OH is 1. The maximum absolute atomic E-state index is 12.2. The van der Waals surface area contributed by atoms with Crippen LogP contribution in [0.2, 0.25) is 0 Å². The van der Waals surface area contributed by atoms with Crippen molar-refractivity contribution in [2.45, 2.75) is 47.8 Å². The summed E-state index contributed by atoms with van der Waals surface area (Å²) in [5.41, 5.74) is 3.14. The van der Waals surface area contributed by atoms with Crippen LogP contribution in [-0.4, -0.2) is 33.9 Å². The predicted octanol–water partition coefficient (Wildman–Crippen LogP) is 2.85. The highest BCUT2D eigenvalue weighted by Crippen LogP contribution is 2.21. The molecule has 6 nitrogen and oxygen atoms in total. The third-order valence-corrected chi connectivity index (χ3v) is 3.65. The van der Waals surface area contributed by atoms with Crippen LogP contribution in [0.4, 0.5) is 0 Å². The van der Waals surface area contributed by atoms with Crippen LogP contribution in [-0.2, 0) is 13.2 Å². The monoisotopic (exact) mass is 347 g/mol. The van der Waals surface area contributed by atoms with Crippen molar-refractivity contribution in [3.63, 3.8) is 0 Å². The van der Waals surface area contributed by atoms with Crippen LogP contribution in [0.25, 0.3) is 0 Å². The number of carbonyl (C=O) groups excluding carboxylic acids is 1. The van der Waals surface area contributed by atoms with Gasteiger partial charge in [-0.2, -0.15) is 5.10 Å². The van der Waals surface area contributed by atoms with Gasteiger partial charge in [-0.1, -0.05) is 26.0 Å². The van der Waals surface area contributed by atoms with E-state index >= 15 is 0 Å². The second-order valence-electron chi connectivity index (χ2n) is 5.29. The highest BCUT2D eigenvalue weighted by Gasteiger charge is 2.12.